The molecule has 5 nitrogen and oxygen atoms in total. The van der Waals surface area contributed by atoms with Gasteiger partial charge in [0.2, 0.25) is 0 Å². The van der Waals surface area contributed by atoms with Gasteiger partial charge in [-0.3, -0.25) is 9.80 Å². The molecule has 1 fully saturated rings. The molecule has 1 N–H and O–H groups in total. The van der Waals surface area contributed by atoms with E-state index in [-0.39, 0.29) is 12.4 Å². The molecule has 1 aliphatic heterocycles. The van der Waals surface area contributed by atoms with Gasteiger partial charge in [-0.25, -0.2) is 4.39 Å². The van der Waals surface area contributed by atoms with Crippen LogP contribution in [-0.4, -0.2) is 73.6 Å². The van der Waals surface area contributed by atoms with Crippen LogP contribution in [0.5, 0.6) is 5.75 Å². The van der Waals surface area contributed by atoms with Gasteiger partial charge in [-0.1, -0.05) is 30.3 Å². The maximum atomic E-state index is 13.2. The number of halogens is 1. The highest BCUT2D eigenvalue weighted by Crippen LogP contribution is 2.16. The van der Waals surface area contributed by atoms with E-state index < -0.39 is 6.10 Å². The highest BCUT2D eigenvalue weighted by atomic mass is 19.1. The minimum absolute atomic E-state index is 0.236. The van der Waals surface area contributed by atoms with Crippen molar-refractivity contribution >= 4 is 0 Å². The van der Waals surface area contributed by atoms with Crippen molar-refractivity contribution in [1.82, 2.24) is 9.80 Å². The summed E-state index contributed by atoms with van der Waals surface area (Å²) in [4.78, 5) is 4.58. The zero-order valence-corrected chi connectivity index (χ0v) is 17.1. The Morgan fingerprint density at radius 2 is 1.86 bits per heavy atom. The molecule has 0 unspecified atom stereocenters. The Labute approximate surface area is 172 Å². The average molecular weight is 403 g/mol. The maximum Gasteiger partial charge on any atom is 0.123 e. The second-order valence-electron chi connectivity index (χ2n) is 7.55. The third kappa shape index (κ3) is 7.40. The maximum absolute atomic E-state index is 13.2. The summed E-state index contributed by atoms with van der Waals surface area (Å²) in [5, 5.41) is 10.6. The van der Waals surface area contributed by atoms with Crippen LogP contribution in [0.15, 0.2) is 48.5 Å². The van der Waals surface area contributed by atoms with E-state index in [9.17, 15) is 9.50 Å². The van der Waals surface area contributed by atoms with Crippen molar-refractivity contribution < 1.29 is 19.0 Å². The molecule has 29 heavy (non-hydrogen) atoms. The number of nitrogens with zero attached hydrogens (tertiary/aromatic N) is 2. The van der Waals surface area contributed by atoms with Crippen molar-refractivity contribution in [2.45, 2.75) is 19.6 Å². The molecule has 0 bridgehead atoms. The number of aryl methyl sites for hydroxylation is 1. The van der Waals surface area contributed by atoms with Crippen LogP contribution < -0.4 is 4.74 Å². The third-order valence-corrected chi connectivity index (χ3v) is 5.15. The second-order valence-corrected chi connectivity index (χ2v) is 7.55. The molecule has 1 aliphatic rings. The standard InChI is InChI=1S/C23H31FN2O3/c1-19-4-2-3-5-23(19)29-18-22(27)17-26(11-10-25-12-14-28-15-13-25)16-20-6-8-21(24)9-7-20/h2-9,22,27H,10-18H2,1H3/t22-/m0/s1. The molecular formula is C23H31FN2O3. The largest absolute Gasteiger partial charge is 0.491 e. The summed E-state index contributed by atoms with van der Waals surface area (Å²) in [5.74, 6) is 0.560. The number of hydrogen-bond donors (Lipinski definition) is 1. The summed E-state index contributed by atoms with van der Waals surface area (Å²) >= 11 is 0. The first kappa shape index (κ1) is 21.7. The molecule has 0 radical (unpaired) electrons. The van der Waals surface area contributed by atoms with Gasteiger partial charge in [-0.05, 0) is 36.2 Å². The molecule has 0 saturated carbocycles. The van der Waals surface area contributed by atoms with Gasteiger partial charge in [-0.15, -0.1) is 0 Å². The second kappa shape index (κ2) is 11.3. The Morgan fingerprint density at radius 3 is 2.59 bits per heavy atom. The van der Waals surface area contributed by atoms with Crippen LogP contribution in [0.3, 0.4) is 0 Å². The van der Waals surface area contributed by atoms with Gasteiger partial charge in [0.05, 0.1) is 13.2 Å². The molecule has 158 valence electrons. The number of rotatable bonds is 10. The lowest BCUT2D eigenvalue weighted by atomic mass is 10.2. The summed E-state index contributed by atoms with van der Waals surface area (Å²) in [6, 6.07) is 14.4. The Morgan fingerprint density at radius 1 is 1.14 bits per heavy atom. The zero-order valence-electron chi connectivity index (χ0n) is 17.1. The number of benzene rings is 2. The van der Waals surface area contributed by atoms with Crippen LogP contribution in [0.1, 0.15) is 11.1 Å². The Balaban J connectivity index is 1.55. The predicted molar refractivity (Wildman–Crippen MR) is 112 cm³/mol. The van der Waals surface area contributed by atoms with Gasteiger partial charge in [0.15, 0.2) is 0 Å². The topological polar surface area (TPSA) is 45.2 Å². The summed E-state index contributed by atoms with van der Waals surface area (Å²) < 4.78 is 24.5. The van der Waals surface area contributed by atoms with E-state index in [1.807, 2.05) is 31.2 Å². The van der Waals surface area contributed by atoms with E-state index in [0.29, 0.717) is 13.1 Å². The minimum Gasteiger partial charge on any atom is -0.491 e. The summed E-state index contributed by atoms with van der Waals surface area (Å²) in [6.45, 7) is 8.52. The quantitative estimate of drug-likeness (QED) is 0.662. The van der Waals surface area contributed by atoms with Crippen molar-refractivity contribution in [3.8, 4) is 5.75 Å². The van der Waals surface area contributed by atoms with Gasteiger partial charge < -0.3 is 14.6 Å². The normalized spacial score (nSPS) is 16.1. The molecule has 0 amide bonds. The van der Waals surface area contributed by atoms with E-state index in [1.165, 1.54) is 12.1 Å². The van der Waals surface area contributed by atoms with Crippen molar-refractivity contribution in [2.75, 3.05) is 52.5 Å². The van der Waals surface area contributed by atoms with Crippen LogP contribution in [0.2, 0.25) is 0 Å². The molecule has 1 heterocycles. The van der Waals surface area contributed by atoms with Crippen molar-refractivity contribution in [2.24, 2.45) is 0 Å². The number of ether oxygens (including phenoxy) is 2. The molecule has 0 aromatic heterocycles. The van der Waals surface area contributed by atoms with E-state index in [0.717, 1.165) is 56.3 Å². The van der Waals surface area contributed by atoms with E-state index in [2.05, 4.69) is 9.80 Å². The van der Waals surface area contributed by atoms with Crippen LogP contribution in [0.4, 0.5) is 4.39 Å². The minimum atomic E-state index is -0.611. The van der Waals surface area contributed by atoms with E-state index in [4.69, 9.17) is 9.47 Å². The number of para-hydroxylation sites is 1. The van der Waals surface area contributed by atoms with Crippen LogP contribution in [-0.2, 0) is 11.3 Å². The molecule has 0 aliphatic carbocycles. The van der Waals surface area contributed by atoms with Gasteiger partial charge in [-0.2, -0.15) is 0 Å². The Bertz CT molecular complexity index is 735. The lowest BCUT2D eigenvalue weighted by molar-refractivity contribution is 0.0255. The summed E-state index contributed by atoms with van der Waals surface area (Å²) in [7, 11) is 0. The van der Waals surface area contributed by atoms with Gasteiger partial charge in [0.25, 0.3) is 0 Å². The molecule has 0 spiro atoms. The zero-order chi connectivity index (χ0) is 20.5. The first-order valence-electron chi connectivity index (χ1n) is 10.2. The summed E-state index contributed by atoms with van der Waals surface area (Å²) in [5.41, 5.74) is 2.08. The van der Waals surface area contributed by atoms with Crippen molar-refractivity contribution in [1.29, 1.82) is 0 Å². The van der Waals surface area contributed by atoms with E-state index in [1.54, 1.807) is 12.1 Å². The number of aliphatic hydroxyl groups excluding tert-OH is 1. The molecule has 6 heteroatoms. The van der Waals surface area contributed by atoms with Crippen LogP contribution >= 0.6 is 0 Å². The highest BCUT2D eigenvalue weighted by Gasteiger charge is 2.16. The van der Waals surface area contributed by atoms with Gasteiger partial charge in [0, 0.05) is 39.3 Å². The first-order valence-corrected chi connectivity index (χ1v) is 10.2. The first-order chi connectivity index (χ1) is 14.1. The van der Waals surface area contributed by atoms with Gasteiger partial charge in [0.1, 0.15) is 24.3 Å². The average Bonchev–Trinajstić information content (AvgIpc) is 2.74. The van der Waals surface area contributed by atoms with Crippen molar-refractivity contribution in [3.63, 3.8) is 0 Å². The fourth-order valence-corrected chi connectivity index (χ4v) is 3.45. The fourth-order valence-electron chi connectivity index (χ4n) is 3.45. The highest BCUT2D eigenvalue weighted by molar-refractivity contribution is 5.31. The number of hydrogen-bond acceptors (Lipinski definition) is 5. The smallest absolute Gasteiger partial charge is 0.123 e. The monoisotopic (exact) mass is 402 g/mol. The SMILES string of the molecule is Cc1ccccc1OC[C@@H](O)CN(CCN1CCOCC1)Cc1ccc(F)cc1. The molecule has 3 rings (SSSR count). The Hall–Kier alpha value is -1.99. The van der Waals surface area contributed by atoms with Crippen LogP contribution in [0.25, 0.3) is 0 Å². The molecular weight excluding hydrogens is 371 g/mol. The Kier molecular flexibility index (Phi) is 8.43. The lowest BCUT2D eigenvalue weighted by Crippen LogP contribution is -2.43. The van der Waals surface area contributed by atoms with Gasteiger partial charge >= 0.3 is 0 Å². The molecule has 1 saturated heterocycles. The summed E-state index contributed by atoms with van der Waals surface area (Å²) in [6.07, 6.45) is -0.611. The van der Waals surface area contributed by atoms with Crippen LogP contribution in [0, 0.1) is 12.7 Å². The fraction of sp³-hybridized carbons (Fsp3) is 0.478. The third-order valence-electron chi connectivity index (χ3n) is 5.15. The van der Waals surface area contributed by atoms with Crippen molar-refractivity contribution in [3.05, 3.63) is 65.5 Å². The number of morpholine rings is 1. The predicted octanol–water partition coefficient (Wildman–Crippen LogP) is 2.71. The molecule has 2 aromatic carbocycles. The lowest BCUT2D eigenvalue weighted by Gasteiger charge is -2.31. The van der Waals surface area contributed by atoms with E-state index >= 15 is 0 Å². The molecule has 2 aromatic rings. The number of aliphatic hydroxyl groups is 1. The molecule has 1 atom stereocenters.